The first kappa shape index (κ1) is 28.6. The van der Waals surface area contributed by atoms with Crippen molar-refractivity contribution < 1.29 is 23.6 Å². The Labute approximate surface area is 240 Å². The number of hydrogen-bond donors (Lipinski definition) is 2. The van der Waals surface area contributed by atoms with Crippen molar-refractivity contribution in [3.05, 3.63) is 30.0 Å². The van der Waals surface area contributed by atoms with Crippen molar-refractivity contribution in [2.45, 2.75) is 70.8 Å². The molecule has 2 aromatic rings. The third-order valence-corrected chi connectivity index (χ3v) is 8.01. The smallest absolute Gasteiger partial charge is 0.247 e. The third-order valence-electron chi connectivity index (χ3n) is 8.01. The molecule has 0 spiro atoms. The molecule has 41 heavy (non-hydrogen) atoms. The molecule has 0 unspecified atom stereocenters. The average Bonchev–Trinajstić information content (AvgIpc) is 3.72. The standard InChI is InChI=1S/C30H40N6O5/c1-21-18-22-19-23(9-10-25(22)41-21)31-30(33-26(37)11-12-27(38)34-13-4-5-14-34)32-24-8-2-3-17-36(29(24)40)20-28(39)35-15-6-7-16-35/h9-10,18-19,24H,2-8,11-17,20H2,1H3,(H2,31,32,33,37)/t24-/m0/s1. The summed E-state index contributed by atoms with van der Waals surface area (Å²) in [5, 5.41) is 6.89. The second-order valence-electron chi connectivity index (χ2n) is 11.2. The summed E-state index contributed by atoms with van der Waals surface area (Å²) in [7, 11) is 0. The van der Waals surface area contributed by atoms with Gasteiger partial charge < -0.3 is 24.4 Å². The molecule has 0 saturated carbocycles. The fourth-order valence-corrected chi connectivity index (χ4v) is 5.77. The summed E-state index contributed by atoms with van der Waals surface area (Å²) in [4.78, 5) is 61.7. The van der Waals surface area contributed by atoms with E-state index in [4.69, 9.17) is 9.41 Å². The molecule has 1 aromatic heterocycles. The van der Waals surface area contributed by atoms with Crippen LogP contribution in [0.15, 0.2) is 33.7 Å². The highest BCUT2D eigenvalue weighted by Gasteiger charge is 2.30. The van der Waals surface area contributed by atoms with E-state index in [9.17, 15) is 19.2 Å². The van der Waals surface area contributed by atoms with E-state index in [1.54, 1.807) is 9.80 Å². The molecule has 11 nitrogen and oxygen atoms in total. The number of benzene rings is 1. The molecule has 5 rings (SSSR count). The van der Waals surface area contributed by atoms with Crippen LogP contribution >= 0.6 is 0 Å². The lowest BCUT2D eigenvalue weighted by Crippen LogP contribution is -2.45. The Bertz CT molecular complexity index is 1310. The van der Waals surface area contributed by atoms with Gasteiger partial charge in [0, 0.05) is 56.6 Å². The maximum absolute atomic E-state index is 13.6. The Kier molecular flexibility index (Phi) is 9.21. The minimum absolute atomic E-state index is 0.0189. The zero-order valence-electron chi connectivity index (χ0n) is 23.8. The normalized spacial score (nSPS) is 20.0. The van der Waals surface area contributed by atoms with Gasteiger partial charge >= 0.3 is 0 Å². The van der Waals surface area contributed by atoms with Crippen molar-refractivity contribution in [1.29, 1.82) is 0 Å². The molecule has 3 aliphatic heterocycles. The summed E-state index contributed by atoms with van der Waals surface area (Å²) in [6.45, 7) is 5.40. The zero-order valence-corrected chi connectivity index (χ0v) is 23.8. The van der Waals surface area contributed by atoms with Crippen molar-refractivity contribution in [3.8, 4) is 0 Å². The Balaban J connectivity index is 1.31. The predicted molar refractivity (Wildman–Crippen MR) is 155 cm³/mol. The number of hydrogen-bond acceptors (Lipinski definition) is 6. The van der Waals surface area contributed by atoms with Gasteiger partial charge in [-0.3, -0.25) is 24.5 Å². The van der Waals surface area contributed by atoms with Crippen LogP contribution in [-0.4, -0.2) is 89.6 Å². The number of anilines is 1. The molecule has 220 valence electrons. The highest BCUT2D eigenvalue weighted by atomic mass is 16.3. The number of aryl methyl sites for hydroxylation is 1. The molecule has 11 heteroatoms. The van der Waals surface area contributed by atoms with Crippen LogP contribution in [0.3, 0.4) is 0 Å². The molecule has 3 aliphatic rings. The summed E-state index contributed by atoms with van der Waals surface area (Å²) in [5.41, 5.74) is 1.42. The van der Waals surface area contributed by atoms with Gasteiger partial charge in [-0.25, -0.2) is 4.99 Å². The van der Waals surface area contributed by atoms with Crippen molar-refractivity contribution >= 4 is 46.2 Å². The summed E-state index contributed by atoms with van der Waals surface area (Å²) >= 11 is 0. The molecule has 0 bridgehead atoms. The Morgan fingerprint density at radius 1 is 0.902 bits per heavy atom. The minimum Gasteiger partial charge on any atom is -0.461 e. The summed E-state index contributed by atoms with van der Waals surface area (Å²) in [6.07, 6.45) is 6.20. The number of nitrogens with zero attached hydrogens (tertiary/aromatic N) is 4. The van der Waals surface area contributed by atoms with Gasteiger partial charge in [0.05, 0.1) is 6.54 Å². The van der Waals surface area contributed by atoms with E-state index < -0.39 is 6.04 Å². The number of carbonyl (C=O) groups excluding carboxylic acids is 4. The Hall–Kier alpha value is -3.89. The fourth-order valence-electron chi connectivity index (χ4n) is 5.77. The van der Waals surface area contributed by atoms with Gasteiger partial charge in [-0.2, -0.15) is 0 Å². The number of fused-ring (bicyclic) bond motifs is 1. The summed E-state index contributed by atoms with van der Waals surface area (Å²) in [6, 6.07) is 6.73. The molecule has 4 heterocycles. The summed E-state index contributed by atoms with van der Waals surface area (Å²) in [5.74, 6) is 0.310. The average molecular weight is 565 g/mol. The monoisotopic (exact) mass is 564 g/mol. The van der Waals surface area contributed by atoms with Crippen LogP contribution < -0.4 is 10.6 Å². The number of amides is 4. The predicted octanol–water partition coefficient (Wildman–Crippen LogP) is 3.03. The van der Waals surface area contributed by atoms with Gasteiger partial charge in [0.2, 0.25) is 29.6 Å². The van der Waals surface area contributed by atoms with Gasteiger partial charge in [0.15, 0.2) is 0 Å². The topological polar surface area (TPSA) is 128 Å². The molecule has 0 aliphatic carbocycles. The highest BCUT2D eigenvalue weighted by molar-refractivity contribution is 6.06. The van der Waals surface area contributed by atoms with Crippen molar-refractivity contribution in [2.75, 3.05) is 44.6 Å². The van der Waals surface area contributed by atoms with Crippen LogP contribution in [0.2, 0.25) is 0 Å². The van der Waals surface area contributed by atoms with Gasteiger partial charge in [0.25, 0.3) is 0 Å². The van der Waals surface area contributed by atoms with Crippen LogP contribution in [0.4, 0.5) is 5.69 Å². The molecule has 1 aromatic carbocycles. The lowest BCUT2D eigenvalue weighted by Gasteiger charge is -2.25. The quantitative estimate of drug-likeness (QED) is 0.393. The number of guanidine groups is 1. The molecule has 2 N–H and O–H groups in total. The second-order valence-corrected chi connectivity index (χ2v) is 11.2. The van der Waals surface area contributed by atoms with Crippen LogP contribution in [-0.2, 0) is 19.2 Å². The SMILES string of the molecule is Cc1cc2cc(NC(=N[C@H]3CCCCN(CC(=O)N4CCCC4)C3=O)NC(=O)CCC(=O)N3CCCC3)ccc2o1. The molecule has 3 saturated heterocycles. The van der Waals surface area contributed by atoms with Crippen LogP contribution in [0.1, 0.15) is 63.5 Å². The first-order chi connectivity index (χ1) is 19.9. The Morgan fingerprint density at radius 3 is 2.32 bits per heavy atom. The van der Waals surface area contributed by atoms with E-state index in [1.807, 2.05) is 36.1 Å². The minimum atomic E-state index is -0.738. The van der Waals surface area contributed by atoms with E-state index in [1.165, 1.54) is 0 Å². The molecule has 3 fully saturated rings. The largest absolute Gasteiger partial charge is 0.461 e. The number of likely N-dealkylation sites (tertiary alicyclic amines) is 3. The van der Waals surface area contributed by atoms with Crippen LogP contribution in [0.5, 0.6) is 0 Å². The fraction of sp³-hybridized carbons (Fsp3) is 0.567. The van der Waals surface area contributed by atoms with E-state index in [-0.39, 0.29) is 49.0 Å². The first-order valence-corrected chi connectivity index (χ1v) is 14.8. The number of furan rings is 1. The number of nitrogens with one attached hydrogen (secondary N) is 2. The zero-order chi connectivity index (χ0) is 28.8. The first-order valence-electron chi connectivity index (χ1n) is 14.8. The lowest BCUT2D eigenvalue weighted by molar-refractivity contribution is -0.140. The van der Waals surface area contributed by atoms with E-state index in [0.717, 1.165) is 81.4 Å². The van der Waals surface area contributed by atoms with Crippen molar-refractivity contribution in [3.63, 3.8) is 0 Å². The van der Waals surface area contributed by atoms with E-state index >= 15 is 0 Å². The maximum Gasteiger partial charge on any atom is 0.247 e. The third kappa shape index (κ3) is 7.45. The van der Waals surface area contributed by atoms with E-state index in [2.05, 4.69) is 10.6 Å². The number of aliphatic imine (C=N–C) groups is 1. The number of carbonyl (C=O) groups is 4. The Morgan fingerprint density at radius 2 is 1.59 bits per heavy atom. The highest BCUT2D eigenvalue weighted by Crippen LogP contribution is 2.23. The molecule has 0 radical (unpaired) electrons. The second kappa shape index (κ2) is 13.2. The van der Waals surface area contributed by atoms with Gasteiger partial charge in [-0.05, 0) is 76.1 Å². The van der Waals surface area contributed by atoms with Crippen molar-refractivity contribution in [2.24, 2.45) is 4.99 Å². The number of rotatable bonds is 7. The van der Waals surface area contributed by atoms with Crippen molar-refractivity contribution in [1.82, 2.24) is 20.0 Å². The van der Waals surface area contributed by atoms with E-state index in [0.29, 0.717) is 18.7 Å². The summed E-state index contributed by atoms with van der Waals surface area (Å²) < 4.78 is 5.67. The molecule has 1 atom stereocenters. The van der Waals surface area contributed by atoms with Crippen LogP contribution in [0.25, 0.3) is 11.0 Å². The van der Waals surface area contributed by atoms with Crippen LogP contribution in [0, 0.1) is 6.92 Å². The van der Waals surface area contributed by atoms with Gasteiger partial charge in [0.1, 0.15) is 17.4 Å². The maximum atomic E-state index is 13.6. The lowest BCUT2D eigenvalue weighted by atomic mass is 10.1. The molecular weight excluding hydrogens is 524 g/mol. The van der Waals surface area contributed by atoms with Gasteiger partial charge in [-0.15, -0.1) is 0 Å². The molecular formula is C30H40N6O5. The van der Waals surface area contributed by atoms with Gasteiger partial charge in [-0.1, -0.05) is 0 Å². The molecule has 4 amide bonds.